The summed E-state index contributed by atoms with van der Waals surface area (Å²) in [6, 6.07) is 13.0. The second kappa shape index (κ2) is 10.6. The number of halogens is 2. The van der Waals surface area contributed by atoms with E-state index in [1.54, 1.807) is 24.1 Å². The van der Waals surface area contributed by atoms with E-state index >= 15 is 0 Å². The van der Waals surface area contributed by atoms with Crippen molar-refractivity contribution in [3.8, 4) is 0 Å². The summed E-state index contributed by atoms with van der Waals surface area (Å²) in [6.45, 7) is 2.23. The van der Waals surface area contributed by atoms with Crippen molar-refractivity contribution in [1.82, 2.24) is 16.0 Å². The number of guanidine groups is 1. The monoisotopic (exact) mass is 415 g/mol. The van der Waals surface area contributed by atoms with Crippen molar-refractivity contribution in [2.45, 2.75) is 18.9 Å². The van der Waals surface area contributed by atoms with Crippen LogP contribution in [0.3, 0.4) is 0 Å². The molecule has 1 saturated heterocycles. The molecule has 1 atom stereocenters. The van der Waals surface area contributed by atoms with Crippen molar-refractivity contribution in [3.63, 3.8) is 0 Å². The van der Waals surface area contributed by atoms with E-state index in [1.165, 1.54) is 18.2 Å². The molecule has 8 heteroatoms. The number of amides is 1. The Bertz CT molecular complexity index is 855. The van der Waals surface area contributed by atoms with Crippen LogP contribution >= 0.6 is 0 Å². The number of nitrogens with one attached hydrogen (secondary N) is 3. The maximum absolute atomic E-state index is 14.0. The lowest BCUT2D eigenvalue weighted by Gasteiger charge is -2.21. The van der Waals surface area contributed by atoms with Crippen molar-refractivity contribution in [1.29, 1.82) is 0 Å². The number of aliphatic imine (C=N–C) groups is 1. The van der Waals surface area contributed by atoms with Crippen molar-refractivity contribution < 1.29 is 13.6 Å². The number of hydrogen-bond acceptors (Lipinski definition) is 3. The summed E-state index contributed by atoms with van der Waals surface area (Å²) in [5.41, 5.74) is 0.666. The quantitative estimate of drug-likeness (QED) is 0.369. The SMILES string of the molecule is CN=C(NCCCNC(=O)c1ccccc1)NC1CCN(c2c(F)cccc2F)C1. The molecule has 0 spiro atoms. The minimum atomic E-state index is -0.546. The minimum Gasteiger partial charge on any atom is -0.365 e. The zero-order valence-electron chi connectivity index (χ0n) is 17.0. The van der Waals surface area contributed by atoms with E-state index in [0.29, 0.717) is 37.7 Å². The Morgan fingerprint density at radius 3 is 2.47 bits per heavy atom. The number of nitrogens with zero attached hydrogens (tertiary/aromatic N) is 2. The Kier molecular flexibility index (Phi) is 7.59. The maximum Gasteiger partial charge on any atom is 0.251 e. The van der Waals surface area contributed by atoms with Crippen LogP contribution in [0.5, 0.6) is 0 Å². The summed E-state index contributed by atoms with van der Waals surface area (Å²) in [4.78, 5) is 17.9. The Labute approximate surface area is 175 Å². The van der Waals surface area contributed by atoms with E-state index in [2.05, 4.69) is 20.9 Å². The molecule has 0 bridgehead atoms. The molecule has 0 aromatic heterocycles. The topological polar surface area (TPSA) is 68.8 Å². The highest BCUT2D eigenvalue weighted by Gasteiger charge is 2.27. The van der Waals surface area contributed by atoms with Gasteiger partial charge in [0.05, 0.1) is 0 Å². The maximum atomic E-state index is 14.0. The highest BCUT2D eigenvalue weighted by molar-refractivity contribution is 5.94. The molecular weight excluding hydrogens is 388 g/mol. The lowest BCUT2D eigenvalue weighted by molar-refractivity contribution is 0.0953. The van der Waals surface area contributed by atoms with Gasteiger partial charge in [0.15, 0.2) is 5.96 Å². The van der Waals surface area contributed by atoms with Crippen LogP contribution in [0.2, 0.25) is 0 Å². The Morgan fingerprint density at radius 2 is 1.77 bits per heavy atom. The van der Waals surface area contributed by atoms with E-state index < -0.39 is 11.6 Å². The van der Waals surface area contributed by atoms with Crippen LogP contribution in [0.15, 0.2) is 53.5 Å². The summed E-state index contributed by atoms with van der Waals surface area (Å²) in [5.74, 6) is -0.554. The second-order valence-electron chi connectivity index (χ2n) is 7.12. The van der Waals surface area contributed by atoms with Crippen molar-refractivity contribution >= 4 is 17.6 Å². The summed E-state index contributed by atoms with van der Waals surface area (Å²) in [6.07, 6.45) is 1.48. The number of carbonyl (C=O) groups excluding carboxylic acids is 1. The van der Waals surface area contributed by atoms with Gasteiger partial charge in [0.1, 0.15) is 17.3 Å². The molecule has 1 amide bonds. The predicted molar refractivity (Wildman–Crippen MR) is 115 cm³/mol. The molecule has 160 valence electrons. The van der Waals surface area contributed by atoms with Gasteiger partial charge in [0.2, 0.25) is 0 Å². The molecule has 0 radical (unpaired) electrons. The number of benzene rings is 2. The fourth-order valence-electron chi connectivity index (χ4n) is 3.45. The van der Waals surface area contributed by atoms with Crippen LogP contribution in [0, 0.1) is 11.6 Å². The van der Waals surface area contributed by atoms with E-state index in [-0.39, 0.29) is 17.6 Å². The first-order valence-electron chi connectivity index (χ1n) is 10.1. The van der Waals surface area contributed by atoms with Crippen LogP contribution in [-0.4, -0.2) is 51.1 Å². The van der Waals surface area contributed by atoms with Gasteiger partial charge < -0.3 is 20.9 Å². The van der Waals surface area contributed by atoms with Gasteiger partial charge in [0.25, 0.3) is 5.91 Å². The Hall–Kier alpha value is -3.16. The van der Waals surface area contributed by atoms with Crippen LogP contribution < -0.4 is 20.9 Å². The first-order valence-corrected chi connectivity index (χ1v) is 10.1. The molecule has 2 aromatic carbocycles. The average Bonchev–Trinajstić information content (AvgIpc) is 3.21. The molecule has 1 heterocycles. The second-order valence-corrected chi connectivity index (χ2v) is 7.12. The van der Waals surface area contributed by atoms with E-state index in [9.17, 15) is 13.6 Å². The first kappa shape index (κ1) is 21.5. The van der Waals surface area contributed by atoms with E-state index in [1.807, 2.05) is 18.2 Å². The van der Waals surface area contributed by atoms with Crippen LogP contribution in [0.1, 0.15) is 23.2 Å². The number of para-hydroxylation sites is 1. The molecule has 6 nitrogen and oxygen atoms in total. The molecule has 30 heavy (non-hydrogen) atoms. The lowest BCUT2D eigenvalue weighted by Crippen LogP contribution is -2.45. The highest BCUT2D eigenvalue weighted by Crippen LogP contribution is 2.26. The molecule has 1 aliphatic rings. The predicted octanol–water partition coefficient (Wildman–Crippen LogP) is 2.53. The van der Waals surface area contributed by atoms with Crippen LogP contribution in [0.25, 0.3) is 0 Å². The number of hydrogen-bond donors (Lipinski definition) is 3. The molecule has 0 aliphatic carbocycles. The van der Waals surface area contributed by atoms with Gasteiger partial charge in [0, 0.05) is 44.8 Å². The number of carbonyl (C=O) groups is 1. The third-order valence-electron chi connectivity index (χ3n) is 4.97. The molecular formula is C22H27F2N5O. The summed E-state index contributed by atoms with van der Waals surface area (Å²) < 4.78 is 28.0. The van der Waals surface area contributed by atoms with Gasteiger partial charge in [-0.3, -0.25) is 9.79 Å². The van der Waals surface area contributed by atoms with Gasteiger partial charge in [-0.2, -0.15) is 0 Å². The molecule has 2 aromatic rings. The van der Waals surface area contributed by atoms with Gasteiger partial charge in [-0.05, 0) is 37.1 Å². The average molecular weight is 415 g/mol. The van der Waals surface area contributed by atoms with Crippen molar-refractivity contribution in [2.75, 3.05) is 38.1 Å². The van der Waals surface area contributed by atoms with Crippen molar-refractivity contribution in [2.24, 2.45) is 4.99 Å². The number of rotatable bonds is 7. The zero-order valence-corrected chi connectivity index (χ0v) is 17.0. The minimum absolute atomic E-state index is 0.0268. The van der Waals surface area contributed by atoms with Crippen LogP contribution in [0.4, 0.5) is 14.5 Å². The molecule has 1 unspecified atom stereocenters. The Balaban J connectivity index is 1.38. The standard InChI is InChI=1S/C22H27F2N5O/c1-25-22(27-13-6-12-26-21(30)16-7-3-2-4-8-16)28-17-11-14-29(15-17)20-18(23)9-5-10-19(20)24/h2-5,7-10,17H,6,11-15H2,1H3,(H,26,30)(H2,25,27,28). The molecule has 1 fully saturated rings. The highest BCUT2D eigenvalue weighted by atomic mass is 19.1. The van der Waals surface area contributed by atoms with E-state index in [4.69, 9.17) is 0 Å². The van der Waals surface area contributed by atoms with Crippen LogP contribution in [-0.2, 0) is 0 Å². The lowest BCUT2D eigenvalue weighted by atomic mass is 10.2. The molecule has 3 rings (SSSR count). The normalized spacial score (nSPS) is 16.4. The van der Waals surface area contributed by atoms with Gasteiger partial charge in [-0.15, -0.1) is 0 Å². The summed E-state index contributed by atoms with van der Waals surface area (Å²) in [5, 5.41) is 9.38. The van der Waals surface area contributed by atoms with Gasteiger partial charge in [-0.25, -0.2) is 8.78 Å². The smallest absolute Gasteiger partial charge is 0.251 e. The first-order chi connectivity index (χ1) is 14.6. The third-order valence-corrected chi connectivity index (χ3v) is 4.97. The fraction of sp³-hybridized carbons (Fsp3) is 0.364. The molecule has 3 N–H and O–H groups in total. The third kappa shape index (κ3) is 5.68. The zero-order chi connectivity index (χ0) is 21.3. The summed E-state index contributed by atoms with van der Waals surface area (Å²) >= 11 is 0. The van der Waals surface area contributed by atoms with Crippen molar-refractivity contribution in [3.05, 3.63) is 65.7 Å². The van der Waals surface area contributed by atoms with Gasteiger partial charge in [-0.1, -0.05) is 24.3 Å². The van der Waals surface area contributed by atoms with E-state index in [0.717, 1.165) is 12.8 Å². The Morgan fingerprint density at radius 1 is 1.07 bits per heavy atom. The summed E-state index contributed by atoms with van der Waals surface area (Å²) in [7, 11) is 1.68. The molecule has 1 aliphatic heterocycles. The fourth-order valence-corrected chi connectivity index (χ4v) is 3.45. The molecule has 0 saturated carbocycles. The largest absolute Gasteiger partial charge is 0.365 e. The van der Waals surface area contributed by atoms with Gasteiger partial charge >= 0.3 is 0 Å². The number of anilines is 1.